The van der Waals surface area contributed by atoms with Crippen LogP contribution >= 0.6 is 0 Å². The Kier molecular flexibility index (Phi) is 4.53. The van der Waals surface area contributed by atoms with Crippen molar-refractivity contribution in [1.29, 1.82) is 0 Å². The van der Waals surface area contributed by atoms with Crippen LogP contribution in [0.25, 0.3) is 0 Å². The Morgan fingerprint density at radius 1 is 1.69 bits per heavy atom. The molecule has 1 aromatic rings. The first kappa shape index (κ1) is 10.2. The van der Waals surface area contributed by atoms with Crippen molar-refractivity contribution in [2.24, 2.45) is 5.84 Å². The third kappa shape index (κ3) is 3.59. The maximum Gasteiger partial charge on any atom is 0.105 e. The van der Waals surface area contributed by atoms with E-state index in [2.05, 4.69) is 5.43 Å². The van der Waals surface area contributed by atoms with E-state index in [4.69, 9.17) is 15.0 Å². The fraction of sp³-hybridized carbons (Fsp3) is 0.556. The Labute approximate surface area is 78.0 Å². The minimum atomic E-state index is 0.214. The topological polar surface area (TPSA) is 60.4 Å². The lowest BCUT2D eigenvalue weighted by atomic mass is 10.1. The van der Waals surface area contributed by atoms with Crippen molar-refractivity contribution >= 4 is 0 Å². The van der Waals surface area contributed by atoms with E-state index in [1.807, 2.05) is 12.1 Å². The molecule has 1 unspecified atom stereocenters. The van der Waals surface area contributed by atoms with Crippen molar-refractivity contribution in [3.05, 3.63) is 24.2 Å². The Morgan fingerprint density at radius 2 is 2.54 bits per heavy atom. The monoisotopic (exact) mass is 184 g/mol. The molecule has 74 valence electrons. The lowest BCUT2D eigenvalue weighted by Gasteiger charge is -2.13. The molecule has 1 atom stereocenters. The highest BCUT2D eigenvalue weighted by Gasteiger charge is 2.08. The fourth-order valence-electron chi connectivity index (χ4n) is 1.18. The zero-order chi connectivity index (χ0) is 9.52. The molecule has 0 aliphatic carbocycles. The van der Waals surface area contributed by atoms with Gasteiger partial charge in [-0.1, -0.05) is 0 Å². The second-order valence-corrected chi connectivity index (χ2v) is 2.93. The minimum Gasteiger partial charge on any atom is -0.469 e. The first-order chi connectivity index (χ1) is 6.36. The lowest BCUT2D eigenvalue weighted by molar-refractivity contribution is 0.181. The molecule has 0 saturated carbocycles. The summed E-state index contributed by atoms with van der Waals surface area (Å²) in [6.45, 7) is 0.704. The molecule has 0 fully saturated rings. The predicted molar refractivity (Wildman–Crippen MR) is 50.0 cm³/mol. The second-order valence-electron chi connectivity index (χ2n) is 2.93. The van der Waals surface area contributed by atoms with Gasteiger partial charge in [-0.3, -0.25) is 11.3 Å². The molecule has 0 bridgehead atoms. The summed E-state index contributed by atoms with van der Waals surface area (Å²) in [5.74, 6) is 6.33. The van der Waals surface area contributed by atoms with Gasteiger partial charge in [0.2, 0.25) is 0 Å². The molecule has 1 heterocycles. The summed E-state index contributed by atoms with van der Waals surface area (Å²) < 4.78 is 10.2. The van der Waals surface area contributed by atoms with Crippen LogP contribution in [-0.2, 0) is 11.2 Å². The molecule has 0 radical (unpaired) electrons. The number of hydrazine groups is 1. The minimum absolute atomic E-state index is 0.214. The van der Waals surface area contributed by atoms with Crippen LogP contribution in [0.5, 0.6) is 0 Å². The van der Waals surface area contributed by atoms with Gasteiger partial charge in [-0.2, -0.15) is 0 Å². The van der Waals surface area contributed by atoms with Gasteiger partial charge < -0.3 is 9.15 Å². The molecule has 4 nitrogen and oxygen atoms in total. The SMILES string of the molecule is COCCC(Cc1ccco1)NN. The molecule has 0 saturated heterocycles. The summed E-state index contributed by atoms with van der Waals surface area (Å²) in [5, 5.41) is 0. The van der Waals surface area contributed by atoms with Crippen LogP contribution in [0.2, 0.25) is 0 Å². The molecule has 0 aromatic carbocycles. The van der Waals surface area contributed by atoms with E-state index in [1.54, 1.807) is 13.4 Å². The van der Waals surface area contributed by atoms with Gasteiger partial charge in [-0.25, -0.2) is 0 Å². The van der Waals surface area contributed by atoms with E-state index in [9.17, 15) is 0 Å². The summed E-state index contributed by atoms with van der Waals surface area (Å²) in [5.41, 5.74) is 2.74. The van der Waals surface area contributed by atoms with Crippen LogP contribution < -0.4 is 11.3 Å². The molecule has 0 aliphatic heterocycles. The van der Waals surface area contributed by atoms with Crippen molar-refractivity contribution in [3.63, 3.8) is 0 Å². The number of methoxy groups -OCH3 is 1. The summed E-state index contributed by atoms with van der Waals surface area (Å²) in [6.07, 6.45) is 3.35. The van der Waals surface area contributed by atoms with Gasteiger partial charge in [-0.05, 0) is 18.6 Å². The van der Waals surface area contributed by atoms with Gasteiger partial charge in [-0.15, -0.1) is 0 Å². The Bertz CT molecular complexity index is 211. The number of hydrogen-bond donors (Lipinski definition) is 2. The number of nitrogens with one attached hydrogen (secondary N) is 1. The van der Waals surface area contributed by atoms with Crippen LogP contribution in [0.4, 0.5) is 0 Å². The van der Waals surface area contributed by atoms with Gasteiger partial charge >= 0.3 is 0 Å². The van der Waals surface area contributed by atoms with E-state index in [0.717, 1.165) is 18.6 Å². The third-order valence-electron chi connectivity index (χ3n) is 1.93. The van der Waals surface area contributed by atoms with E-state index in [0.29, 0.717) is 6.61 Å². The predicted octanol–water partition coefficient (Wildman–Crippen LogP) is 0.691. The van der Waals surface area contributed by atoms with Crippen molar-refractivity contribution < 1.29 is 9.15 Å². The fourth-order valence-corrected chi connectivity index (χ4v) is 1.18. The average molecular weight is 184 g/mol. The van der Waals surface area contributed by atoms with Crippen LogP contribution in [-0.4, -0.2) is 19.8 Å². The molecular weight excluding hydrogens is 168 g/mol. The van der Waals surface area contributed by atoms with Crippen molar-refractivity contribution in [2.45, 2.75) is 18.9 Å². The summed E-state index contributed by atoms with van der Waals surface area (Å²) >= 11 is 0. The van der Waals surface area contributed by atoms with Crippen LogP contribution in [0.15, 0.2) is 22.8 Å². The van der Waals surface area contributed by atoms with Gasteiger partial charge in [0.15, 0.2) is 0 Å². The van der Waals surface area contributed by atoms with Crippen LogP contribution in [0.3, 0.4) is 0 Å². The third-order valence-corrected chi connectivity index (χ3v) is 1.93. The van der Waals surface area contributed by atoms with Gasteiger partial charge in [0.05, 0.1) is 6.26 Å². The summed E-state index contributed by atoms with van der Waals surface area (Å²) in [4.78, 5) is 0. The zero-order valence-corrected chi connectivity index (χ0v) is 7.82. The van der Waals surface area contributed by atoms with E-state index < -0.39 is 0 Å². The highest BCUT2D eigenvalue weighted by molar-refractivity contribution is 5.00. The number of hydrogen-bond acceptors (Lipinski definition) is 4. The van der Waals surface area contributed by atoms with E-state index in [-0.39, 0.29) is 6.04 Å². The highest BCUT2D eigenvalue weighted by Crippen LogP contribution is 2.05. The second kappa shape index (κ2) is 5.75. The Balaban J connectivity index is 2.31. The van der Waals surface area contributed by atoms with Crippen molar-refractivity contribution in [1.82, 2.24) is 5.43 Å². The van der Waals surface area contributed by atoms with Gasteiger partial charge in [0, 0.05) is 26.2 Å². The number of ether oxygens (including phenoxy) is 1. The van der Waals surface area contributed by atoms with Crippen LogP contribution in [0.1, 0.15) is 12.2 Å². The first-order valence-corrected chi connectivity index (χ1v) is 4.34. The molecule has 1 aromatic heterocycles. The van der Waals surface area contributed by atoms with Gasteiger partial charge in [0.1, 0.15) is 5.76 Å². The van der Waals surface area contributed by atoms with E-state index >= 15 is 0 Å². The number of nitrogens with two attached hydrogens (primary N) is 1. The molecule has 0 spiro atoms. The Hall–Kier alpha value is -0.840. The van der Waals surface area contributed by atoms with Crippen LogP contribution in [0, 0.1) is 0 Å². The normalized spacial score (nSPS) is 13.1. The zero-order valence-electron chi connectivity index (χ0n) is 7.82. The van der Waals surface area contributed by atoms with Crippen molar-refractivity contribution in [3.8, 4) is 0 Å². The number of rotatable bonds is 6. The molecule has 0 aliphatic rings. The highest BCUT2D eigenvalue weighted by atomic mass is 16.5. The molecule has 3 N–H and O–H groups in total. The molecule has 4 heteroatoms. The van der Waals surface area contributed by atoms with Crippen molar-refractivity contribution in [2.75, 3.05) is 13.7 Å². The standard InChI is InChI=1S/C9H16N2O2/c1-12-6-4-8(11-10)7-9-3-2-5-13-9/h2-3,5,8,11H,4,6-7,10H2,1H3. The quantitative estimate of drug-likeness (QED) is 0.504. The smallest absolute Gasteiger partial charge is 0.105 e. The average Bonchev–Trinajstić information content (AvgIpc) is 2.64. The number of furan rings is 1. The summed E-state index contributed by atoms with van der Waals surface area (Å²) in [7, 11) is 1.68. The van der Waals surface area contributed by atoms with Gasteiger partial charge in [0.25, 0.3) is 0 Å². The molecular formula is C9H16N2O2. The molecule has 1 rings (SSSR count). The van der Waals surface area contributed by atoms with E-state index in [1.165, 1.54) is 0 Å². The maximum absolute atomic E-state index is 5.38. The molecule has 0 amide bonds. The largest absolute Gasteiger partial charge is 0.469 e. The summed E-state index contributed by atoms with van der Waals surface area (Å²) in [6, 6.07) is 4.03. The molecule has 13 heavy (non-hydrogen) atoms. The Morgan fingerprint density at radius 3 is 3.08 bits per heavy atom. The first-order valence-electron chi connectivity index (χ1n) is 4.34. The lowest BCUT2D eigenvalue weighted by Crippen LogP contribution is -2.37. The maximum atomic E-state index is 5.38.